The van der Waals surface area contributed by atoms with Crippen molar-refractivity contribution < 1.29 is 14.6 Å². The Morgan fingerprint density at radius 2 is 1.83 bits per heavy atom. The molecule has 3 aromatic rings. The van der Waals surface area contributed by atoms with Gasteiger partial charge in [0.25, 0.3) is 0 Å². The molecule has 0 aliphatic rings. The van der Waals surface area contributed by atoms with Crippen LogP contribution in [-0.2, 0) is 11.2 Å². The van der Waals surface area contributed by atoms with Gasteiger partial charge < -0.3 is 20.6 Å². The lowest BCUT2D eigenvalue weighted by molar-refractivity contribution is -0.136. The number of ether oxygens (including phenoxy) is 1. The van der Waals surface area contributed by atoms with Gasteiger partial charge in [-0.05, 0) is 61.7 Å². The molecule has 0 atom stereocenters. The number of hydrogen-bond acceptors (Lipinski definition) is 3. The van der Waals surface area contributed by atoms with Crippen molar-refractivity contribution in [2.45, 2.75) is 27.2 Å². The maximum Gasteiger partial charge on any atom is 0.307 e. The Kier molecular flexibility index (Phi) is 3.93. The van der Waals surface area contributed by atoms with Gasteiger partial charge in [0.15, 0.2) is 5.75 Å². The maximum atomic E-state index is 10.9. The smallest absolute Gasteiger partial charge is 0.307 e. The van der Waals surface area contributed by atoms with E-state index < -0.39 is 5.97 Å². The van der Waals surface area contributed by atoms with Crippen LogP contribution in [0.5, 0.6) is 11.5 Å². The molecule has 0 spiro atoms. The summed E-state index contributed by atoms with van der Waals surface area (Å²) in [5.74, 6) is 0.429. The first-order valence-corrected chi connectivity index (χ1v) is 7.73. The number of carboxylic acid groups (broad SMARTS) is 1. The van der Waals surface area contributed by atoms with E-state index in [0.717, 1.165) is 33.3 Å². The number of carbonyl (C=O) groups is 1. The molecule has 1 aromatic heterocycles. The molecule has 0 bridgehead atoms. The SMILES string of the molecule is Cc1cc2c(N)c(Oc3ccc(CC(=O)O)c(C)c3C)ccc2[nH]1. The molecule has 4 N–H and O–H groups in total. The van der Waals surface area contributed by atoms with Crippen molar-refractivity contribution in [3.05, 3.63) is 52.7 Å². The minimum atomic E-state index is -0.844. The monoisotopic (exact) mass is 324 g/mol. The second-order valence-corrected chi connectivity index (χ2v) is 6.04. The van der Waals surface area contributed by atoms with Gasteiger partial charge in [0, 0.05) is 16.6 Å². The first kappa shape index (κ1) is 15.9. The van der Waals surface area contributed by atoms with Crippen LogP contribution in [0.2, 0.25) is 0 Å². The number of carboxylic acids is 1. The predicted molar refractivity (Wildman–Crippen MR) is 94.8 cm³/mol. The Balaban J connectivity index is 1.98. The summed E-state index contributed by atoms with van der Waals surface area (Å²) in [5, 5.41) is 9.91. The first-order valence-electron chi connectivity index (χ1n) is 7.73. The number of nitrogens with one attached hydrogen (secondary N) is 1. The summed E-state index contributed by atoms with van der Waals surface area (Å²) in [5.41, 5.74) is 11.5. The van der Waals surface area contributed by atoms with Gasteiger partial charge >= 0.3 is 5.97 Å². The molecule has 1 heterocycles. The molecule has 0 saturated carbocycles. The number of benzene rings is 2. The van der Waals surface area contributed by atoms with E-state index in [2.05, 4.69) is 4.98 Å². The molecule has 0 amide bonds. The van der Waals surface area contributed by atoms with E-state index in [4.69, 9.17) is 15.6 Å². The summed E-state index contributed by atoms with van der Waals surface area (Å²) in [6, 6.07) is 9.36. The van der Waals surface area contributed by atoms with Gasteiger partial charge in [-0.2, -0.15) is 0 Å². The fraction of sp³-hybridized carbons (Fsp3) is 0.211. The zero-order chi connectivity index (χ0) is 17.4. The fourth-order valence-electron chi connectivity index (χ4n) is 2.87. The van der Waals surface area contributed by atoms with Crippen molar-refractivity contribution in [1.82, 2.24) is 4.98 Å². The molecule has 0 fully saturated rings. The Morgan fingerprint density at radius 1 is 1.12 bits per heavy atom. The number of nitrogens with two attached hydrogens (primary N) is 1. The van der Waals surface area contributed by atoms with Crippen LogP contribution in [0.1, 0.15) is 22.4 Å². The Hall–Kier alpha value is -2.95. The standard InChI is InChI=1S/C19H20N2O3/c1-10-8-14-15(21-10)5-7-17(19(14)20)24-16-6-4-13(9-18(22)23)11(2)12(16)3/h4-8,21H,9,20H2,1-3H3,(H,22,23). The molecule has 0 radical (unpaired) electrons. The fourth-order valence-corrected chi connectivity index (χ4v) is 2.87. The van der Waals surface area contributed by atoms with Crippen molar-refractivity contribution in [2.24, 2.45) is 0 Å². The first-order chi connectivity index (χ1) is 11.4. The molecular weight excluding hydrogens is 304 g/mol. The average molecular weight is 324 g/mol. The third-order valence-electron chi connectivity index (χ3n) is 4.35. The van der Waals surface area contributed by atoms with Gasteiger partial charge in [0.05, 0.1) is 12.1 Å². The van der Waals surface area contributed by atoms with E-state index in [1.54, 1.807) is 12.1 Å². The van der Waals surface area contributed by atoms with Gasteiger partial charge in [-0.3, -0.25) is 4.79 Å². The molecule has 124 valence electrons. The number of aromatic amines is 1. The van der Waals surface area contributed by atoms with Crippen molar-refractivity contribution in [1.29, 1.82) is 0 Å². The van der Waals surface area contributed by atoms with Crippen LogP contribution in [-0.4, -0.2) is 16.1 Å². The van der Waals surface area contributed by atoms with Gasteiger partial charge in [0.2, 0.25) is 0 Å². The second kappa shape index (κ2) is 5.92. The molecule has 0 unspecified atom stereocenters. The third kappa shape index (κ3) is 2.80. The summed E-state index contributed by atoms with van der Waals surface area (Å²) in [6.45, 7) is 5.81. The van der Waals surface area contributed by atoms with Gasteiger partial charge in [0.1, 0.15) is 5.75 Å². The zero-order valence-corrected chi connectivity index (χ0v) is 13.9. The summed E-state index contributed by atoms with van der Waals surface area (Å²) >= 11 is 0. The topological polar surface area (TPSA) is 88.3 Å². The number of nitrogen functional groups attached to an aromatic ring is 1. The van der Waals surface area contributed by atoms with Crippen LogP contribution >= 0.6 is 0 Å². The zero-order valence-electron chi connectivity index (χ0n) is 13.9. The molecule has 0 aliphatic heterocycles. The Bertz CT molecular complexity index is 941. The number of H-pyrrole nitrogens is 1. The molecular formula is C19H20N2O3. The van der Waals surface area contributed by atoms with E-state index in [-0.39, 0.29) is 6.42 Å². The van der Waals surface area contributed by atoms with E-state index in [1.807, 2.05) is 39.0 Å². The number of aryl methyl sites for hydroxylation is 1. The highest BCUT2D eigenvalue weighted by molar-refractivity contribution is 5.94. The minimum absolute atomic E-state index is 0.00365. The lowest BCUT2D eigenvalue weighted by Crippen LogP contribution is -2.04. The van der Waals surface area contributed by atoms with Crippen molar-refractivity contribution >= 4 is 22.6 Å². The van der Waals surface area contributed by atoms with Crippen molar-refractivity contribution in [3.63, 3.8) is 0 Å². The molecule has 24 heavy (non-hydrogen) atoms. The van der Waals surface area contributed by atoms with Crippen molar-refractivity contribution in [3.8, 4) is 11.5 Å². The molecule has 3 rings (SSSR count). The maximum absolute atomic E-state index is 10.9. The van der Waals surface area contributed by atoms with Crippen LogP contribution in [0.3, 0.4) is 0 Å². The largest absolute Gasteiger partial charge is 0.481 e. The number of hydrogen-bond donors (Lipinski definition) is 3. The lowest BCUT2D eigenvalue weighted by atomic mass is 10.00. The molecule has 0 aliphatic carbocycles. The molecule has 5 heteroatoms. The second-order valence-electron chi connectivity index (χ2n) is 6.04. The number of aromatic nitrogens is 1. The number of fused-ring (bicyclic) bond motifs is 1. The highest BCUT2D eigenvalue weighted by Crippen LogP contribution is 2.36. The molecule has 2 aromatic carbocycles. The number of aliphatic carboxylic acids is 1. The van der Waals surface area contributed by atoms with Crippen LogP contribution < -0.4 is 10.5 Å². The van der Waals surface area contributed by atoms with Crippen LogP contribution in [0.15, 0.2) is 30.3 Å². The molecule has 5 nitrogen and oxygen atoms in total. The van der Waals surface area contributed by atoms with Crippen molar-refractivity contribution in [2.75, 3.05) is 5.73 Å². The summed E-state index contributed by atoms with van der Waals surface area (Å²) in [6.07, 6.45) is 0.00365. The average Bonchev–Trinajstić information content (AvgIpc) is 2.90. The van der Waals surface area contributed by atoms with E-state index in [0.29, 0.717) is 17.2 Å². The van der Waals surface area contributed by atoms with Crippen LogP contribution in [0, 0.1) is 20.8 Å². The van der Waals surface area contributed by atoms with Crippen LogP contribution in [0.4, 0.5) is 5.69 Å². The normalized spacial score (nSPS) is 11.0. The third-order valence-corrected chi connectivity index (χ3v) is 4.35. The highest BCUT2D eigenvalue weighted by atomic mass is 16.5. The Morgan fingerprint density at radius 3 is 2.54 bits per heavy atom. The number of rotatable bonds is 4. The van der Waals surface area contributed by atoms with Crippen LogP contribution in [0.25, 0.3) is 10.9 Å². The minimum Gasteiger partial charge on any atom is -0.481 e. The predicted octanol–water partition coefficient (Wildman–Crippen LogP) is 4.09. The van der Waals surface area contributed by atoms with Gasteiger partial charge in [-0.1, -0.05) is 6.07 Å². The highest BCUT2D eigenvalue weighted by Gasteiger charge is 2.13. The van der Waals surface area contributed by atoms with Gasteiger partial charge in [-0.25, -0.2) is 0 Å². The quantitative estimate of drug-likeness (QED) is 0.631. The molecule has 0 saturated heterocycles. The van der Waals surface area contributed by atoms with E-state index in [9.17, 15) is 4.79 Å². The summed E-state index contributed by atoms with van der Waals surface area (Å²) in [7, 11) is 0. The van der Waals surface area contributed by atoms with E-state index in [1.165, 1.54) is 0 Å². The van der Waals surface area contributed by atoms with E-state index >= 15 is 0 Å². The number of anilines is 1. The lowest BCUT2D eigenvalue weighted by Gasteiger charge is -2.15. The Labute approximate surface area is 140 Å². The summed E-state index contributed by atoms with van der Waals surface area (Å²) in [4.78, 5) is 14.2. The summed E-state index contributed by atoms with van der Waals surface area (Å²) < 4.78 is 6.01. The van der Waals surface area contributed by atoms with Gasteiger partial charge in [-0.15, -0.1) is 0 Å².